The summed E-state index contributed by atoms with van der Waals surface area (Å²) in [5.41, 5.74) is 2.57. The van der Waals surface area contributed by atoms with Crippen LogP contribution < -0.4 is 10.2 Å². The average molecular weight is 272 g/mol. The topological polar surface area (TPSA) is 15.3 Å². The number of hydrogen-bond acceptors (Lipinski definition) is 2. The van der Waals surface area contributed by atoms with Gasteiger partial charge in [-0.2, -0.15) is 0 Å². The molecule has 0 amide bonds. The molecule has 20 heavy (non-hydrogen) atoms. The Morgan fingerprint density at radius 1 is 1.00 bits per heavy atom. The molecule has 2 saturated carbocycles. The highest BCUT2D eigenvalue weighted by atomic mass is 15.1. The fourth-order valence-electron chi connectivity index (χ4n) is 4.11. The summed E-state index contributed by atoms with van der Waals surface area (Å²) in [6.07, 6.45) is 10.1. The minimum Gasteiger partial charge on any atom is -0.382 e. The van der Waals surface area contributed by atoms with Crippen molar-refractivity contribution in [3.8, 4) is 0 Å². The van der Waals surface area contributed by atoms with E-state index in [0.717, 1.165) is 11.8 Å². The van der Waals surface area contributed by atoms with Crippen molar-refractivity contribution >= 4 is 11.4 Å². The standard InChI is InChI=1S/C18H28N2/c1-20(2)18-9-5-8-16(13-18)19-17-11-10-14-6-3-4-7-15(14)12-17/h5,8-9,13-15,17,19H,3-4,6-7,10-12H2,1-2H3. The minimum atomic E-state index is 0.687. The van der Waals surface area contributed by atoms with Gasteiger partial charge in [-0.05, 0) is 49.3 Å². The molecule has 2 nitrogen and oxygen atoms in total. The molecule has 0 heterocycles. The van der Waals surface area contributed by atoms with Crippen LogP contribution in [-0.2, 0) is 0 Å². The normalized spacial score (nSPS) is 29.6. The zero-order valence-corrected chi connectivity index (χ0v) is 12.9. The van der Waals surface area contributed by atoms with Gasteiger partial charge in [0.2, 0.25) is 0 Å². The molecular weight excluding hydrogens is 244 g/mol. The summed E-state index contributed by atoms with van der Waals surface area (Å²) in [4.78, 5) is 2.17. The molecule has 3 rings (SSSR count). The molecule has 110 valence electrons. The number of rotatable bonds is 3. The Labute approximate surface area is 123 Å². The number of fused-ring (bicyclic) bond motifs is 1. The Bertz CT molecular complexity index is 441. The third kappa shape index (κ3) is 3.11. The monoisotopic (exact) mass is 272 g/mol. The molecule has 0 aromatic heterocycles. The Balaban J connectivity index is 1.62. The van der Waals surface area contributed by atoms with Gasteiger partial charge in [0.25, 0.3) is 0 Å². The molecule has 1 N–H and O–H groups in total. The van der Waals surface area contributed by atoms with Crippen LogP contribution in [0.4, 0.5) is 11.4 Å². The zero-order chi connectivity index (χ0) is 13.9. The SMILES string of the molecule is CN(C)c1cccc(NC2CCC3CCCCC3C2)c1. The van der Waals surface area contributed by atoms with Crippen molar-refractivity contribution in [2.45, 2.75) is 51.0 Å². The molecule has 2 aliphatic carbocycles. The molecule has 0 radical (unpaired) electrons. The van der Waals surface area contributed by atoms with Gasteiger partial charge < -0.3 is 10.2 Å². The maximum Gasteiger partial charge on any atom is 0.0381 e. The molecule has 0 spiro atoms. The zero-order valence-electron chi connectivity index (χ0n) is 12.9. The highest BCUT2D eigenvalue weighted by Crippen LogP contribution is 2.41. The van der Waals surface area contributed by atoms with E-state index in [-0.39, 0.29) is 0 Å². The average Bonchev–Trinajstić information content (AvgIpc) is 2.47. The van der Waals surface area contributed by atoms with Crippen molar-refractivity contribution in [3.63, 3.8) is 0 Å². The number of nitrogens with one attached hydrogen (secondary N) is 1. The van der Waals surface area contributed by atoms with Crippen molar-refractivity contribution in [1.29, 1.82) is 0 Å². The van der Waals surface area contributed by atoms with Gasteiger partial charge in [-0.15, -0.1) is 0 Å². The second kappa shape index (κ2) is 6.07. The van der Waals surface area contributed by atoms with E-state index >= 15 is 0 Å². The van der Waals surface area contributed by atoms with Gasteiger partial charge in [-0.3, -0.25) is 0 Å². The van der Waals surface area contributed by atoms with Crippen molar-refractivity contribution in [3.05, 3.63) is 24.3 Å². The van der Waals surface area contributed by atoms with Gasteiger partial charge in [0, 0.05) is 31.5 Å². The van der Waals surface area contributed by atoms with E-state index in [4.69, 9.17) is 0 Å². The lowest BCUT2D eigenvalue weighted by molar-refractivity contribution is 0.162. The molecule has 0 aliphatic heterocycles. The first-order valence-electron chi connectivity index (χ1n) is 8.26. The lowest BCUT2D eigenvalue weighted by Gasteiger charge is -2.39. The Hall–Kier alpha value is -1.18. The maximum atomic E-state index is 3.78. The maximum absolute atomic E-state index is 3.78. The highest BCUT2D eigenvalue weighted by Gasteiger charge is 2.31. The van der Waals surface area contributed by atoms with Gasteiger partial charge in [0.15, 0.2) is 0 Å². The Kier molecular flexibility index (Phi) is 4.18. The van der Waals surface area contributed by atoms with Crippen LogP contribution in [0.2, 0.25) is 0 Å². The van der Waals surface area contributed by atoms with Crippen molar-refractivity contribution in [1.82, 2.24) is 0 Å². The number of hydrogen-bond donors (Lipinski definition) is 1. The minimum absolute atomic E-state index is 0.687. The summed E-state index contributed by atoms with van der Waals surface area (Å²) in [6, 6.07) is 9.49. The molecule has 0 bridgehead atoms. The van der Waals surface area contributed by atoms with E-state index in [0.29, 0.717) is 6.04 Å². The molecular formula is C18H28N2. The summed E-state index contributed by atoms with van der Waals surface area (Å²) in [7, 11) is 4.21. The van der Waals surface area contributed by atoms with Crippen molar-refractivity contribution < 1.29 is 0 Å². The van der Waals surface area contributed by atoms with Crippen LogP contribution in [-0.4, -0.2) is 20.1 Å². The number of nitrogens with zero attached hydrogens (tertiary/aromatic N) is 1. The predicted octanol–water partition coefficient (Wildman–Crippen LogP) is 4.52. The van der Waals surface area contributed by atoms with Crippen molar-refractivity contribution in [2.75, 3.05) is 24.3 Å². The van der Waals surface area contributed by atoms with E-state index in [9.17, 15) is 0 Å². The second-order valence-corrected chi connectivity index (χ2v) is 6.90. The smallest absolute Gasteiger partial charge is 0.0381 e. The summed E-state index contributed by atoms with van der Waals surface area (Å²) >= 11 is 0. The highest BCUT2D eigenvalue weighted by molar-refractivity contribution is 5.57. The van der Waals surface area contributed by atoms with Crippen LogP contribution in [0, 0.1) is 11.8 Å². The Morgan fingerprint density at radius 3 is 2.60 bits per heavy atom. The van der Waals surface area contributed by atoms with E-state index in [2.05, 4.69) is 48.6 Å². The molecule has 2 heteroatoms. The first-order valence-corrected chi connectivity index (χ1v) is 8.26. The van der Waals surface area contributed by atoms with Crippen LogP contribution in [0.3, 0.4) is 0 Å². The summed E-state index contributed by atoms with van der Waals surface area (Å²) in [5.74, 6) is 2.03. The summed E-state index contributed by atoms with van der Waals surface area (Å²) < 4.78 is 0. The fourth-order valence-corrected chi connectivity index (χ4v) is 4.11. The van der Waals surface area contributed by atoms with Gasteiger partial charge >= 0.3 is 0 Å². The molecule has 1 aromatic carbocycles. The van der Waals surface area contributed by atoms with Crippen LogP contribution >= 0.6 is 0 Å². The quantitative estimate of drug-likeness (QED) is 0.870. The summed E-state index contributed by atoms with van der Waals surface area (Å²) in [5, 5.41) is 3.78. The third-order valence-electron chi connectivity index (χ3n) is 5.27. The predicted molar refractivity (Wildman–Crippen MR) is 87.5 cm³/mol. The van der Waals surface area contributed by atoms with Crippen LogP contribution in [0.1, 0.15) is 44.9 Å². The van der Waals surface area contributed by atoms with Gasteiger partial charge in [-0.25, -0.2) is 0 Å². The largest absolute Gasteiger partial charge is 0.382 e. The van der Waals surface area contributed by atoms with Gasteiger partial charge in [0.1, 0.15) is 0 Å². The Morgan fingerprint density at radius 2 is 1.80 bits per heavy atom. The van der Waals surface area contributed by atoms with Gasteiger partial charge in [0.05, 0.1) is 0 Å². The van der Waals surface area contributed by atoms with Crippen LogP contribution in [0.15, 0.2) is 24.3 Å². The van der Waals surface area contributed by atoms with Crippen LogP contribution in [0.25, 0.3) is 0 Å². The molecule has 2 fully saturated rings. The first kappa shape index (κ1) is 13.8. The van der Waals surface area contributed by atoms with Crippen molar-refractivity contribution in [2.24, 2.45) is 11.8 Å². The fraction of sp³-hybridized carbons (Fsp3) is 0.667. The molecule has 3 atom stereocenters. The van der Waals surface area contributed by atoms with Gasteiger partial charge in [-0.1, -0.05) is 31.7 Å². The third-order valence-corrected chi connectivity index (χ3v) is 5.27. The molecule has 1 aromatic rings. The van der Waals surface area contributed by atoms with E-state index in [1.54, 1.807) is 0 Å². The summed E-state index contributed by atoms with van der Waals surface area (Å²) in [6.45, 7) is 0. The lowest BCUT2D eigenvalue weighted by atomic mass is 9.69. The van der Waals surface area contributed by atoms with E-state index in [1.807, 2.05) is 0 Å². The second-order valence-electron chi connectivity index (χ2n) is 6.90. The lowest BCUT2D eigenvalue weighted by Crippen LogP contribution is -2.34. The number of anilines is 2. The van der Waals surface area contributed by atoms with E-state index < -0.39 is 0 Å². The number of benzene rings is 1. The molecule has 2 aliphatic rings. The molecule has 0 saturated heterocycles. The first-order chi connectivity index (χ1) is 9.72. The van der Waals surface area contributed by atoms with Crippen LogP contribution in [0.5, 0.6) is 0 Å². The molecule has 3 unspecified atom stereocenters. The van der Waals surface area contributed by atoms with E-state index in [1.165, 1.54) is 56.3 Å².